The van der Waals surface area contributed by atoms with E-state index in [1.165, 1.54) is 43.4 Å². The van der Waals surface area contributed by atoms with Crippen LogP contribution in [0.15, 0.2) is 122 Å². The highest BCUT2D eigenvalue weighted by Gasteiger charge is 2.22. The molecule has 0 saturated heterocycles. The van der Waals surface area contributed by atoms with Gasteiger partial charge in [-0.15, -0.1) is 0 Å². The summed E-state index contributed by atoms with van der Waals surface area (Å²) in [6, 6.07) is 38.7. The molecule has 0 amide bonds. The van der Waals surface area contributed by atoms with Crippen LogP contribution in [0.2, 0.25) is 0 Å². The molecule has 0 fully saturated rings. The van der Waals surface area contributed by atoms with Gasteiger partial charge in [-0.1, -0.05) is 66.7 Å². The normalized spacial score (nSPS) is 11.9. The lowest BCUT2D eigenvalue weighted by Gasteiger charge is -2.08. The number of para-hydroxylation sites is 2. The Bertz CT molecular complexity index is 2080. The van der Waals surface area contributed by atoms with Crippen LogP contribution >= 0.6 is 0 Å². The molecule has 4 nitrogen and oxygen atoms in total. The largest absolute Gasteiger partial charge is 0.309 e. The van der Waals surface area contributed by atoms with Gasteiger partial charge in [0.1, 0.15) is 0 Å². The Morgan fingerprint density at radius 3 is 1.86 bits per heavy atom. The number of nitrogens with zero attached hydrogens (tertiary/aromatic N) is 4. The van der Waals surface area contributed by atoms with E-state index in [-0.39, 0.29) is 0 Å². The van der Waals surface area contributed by atoms with Crippen molar-refractivity contribution in [2.24, 2.45) is 0 Å². The van der Waals surface area contributed by atoms with Crippen molar-refractivity contribution in [3.05, 3.63) is 122 Å². The first-order valence-corrected chi connectivity index (χ1v) is 12.1. The number of hydrogen-bond acceptors (Lipinski definition) is 2. The highest BCUT2D eigenvalue weighted by molar-refractivity contribution is 6.33. The molecular weight excluding hydrogens is 440 g/mol. The van der Waals surface area contributed by atoms with Gasteiger partial charge in [0.2, 0.25) is 5.95 Å². The second-order valence-electron chi connectivity index (χ2n) is 9.11. The maximum Gasteiger partial charge on any atom is 0.234 e. The zero-order valence-electron chi connectivity index (χ0n) is 19.3. The highest BCUT2D eigenvalue weighted by Crippen LogP contribution is 2.43. The summed E-state index contributed by atoms with van der Waals surface area (Å²) in [5.74, 6) is 0.680. The first-order valence-electron chi connectivity index (χ1n) is 12.1. The summed E-state index contributed by atoms with van der Waals surface area (Å²) < 4.78 is 4.57. The summed E-state index contributed by atoms with van der Waals surface area (Å²) in [7, 11) is 0. The molecule has 3 aromatic heterocycles. The minimum absolute atomic E-state index is 0.680. The van der Waals surface area contributed by atoms with Gasteiger partial charge in [0.15, 0.2) is 0 Å². The van der Waals surface area contributed by atoms with Crippen LogP contribution in [0, 0.1) is 0 Å². The van der Waals surface area contributed by atoms with E-state index < -0.39 is 0 Å². The van der Waals surface area contributed by atoms with E-state index in [0.717, 1.165) is 16.7 Å². The molecule has 0 N–H and O–H groups in total. The van der Waals surface area contributed by atoms with E-state index in [4.69, 9.17) is 0 Å². The number of benzene rings is 5. The fourth-order valence-electron chi connectivity index (χ4n) is 5.81. The molecule has 0 aliphatic heterocycles. The van der Waals surface area contributed by atoms with Crippen molar-refractivity contribution >= 4 is 54.4 Å². The van der Waals surface area contributed by atoms with Gasteiger partial charge in [-0.2, -0.15) is 0 Å². The average molecular weight is 461 g/mol. The molecule has 8 aromatic rings. The molecule has 8 rings (SSSR count). The number of hydrogen-bond donors (Lipinski definition) is 0. The number of aromatic nitrogens is 4. The van der Waals surface area contributed by atoms with Gasteiger partial charge >= 0.3 is 0 Å². The molecule has 36 heavy (non-hydrogen) atoms. The summed E-state index contributed by atoms with van der Waals surface area (Å²) >= 11 is 0. The third kappa shape index (κ3) is 2.53. The smallest absolute Gasteiger partial charge is 0.234 e. The van der Waals surface area contributed by atoms with E-state index in [1.807, 2.05) is 6.07 Å². The third-order valence-corrected chi connectivity index (χ3v) is 7.22. The SMILES string of the molecule is c1ccc(-n2c3ccc4ccccc4c3c3c4c5ccccc5n(-c5ncccn5)c4ccc32)cc1. The molecule has 3 heterocycles. The minimum atomic E-state index is 0.680. The van der Waals surface area contributed by atoms with E-state index >= 15 is 0 Å². The van der Waals surface area contributed by atoms with Gasteiger partial charge in [0.25, 0.3) is 0 Å². The van der Waals surface area contributed by atoms with Crippen LogP contribution in [-0.2, 0) is 0 Å². The minimum Gasteiger partial charge on any atom is -0.309 e. The Labute approximate surface area is 206 Å². The molecule has 0 aliphatic rings. The molecule has 0 radical (unpaired) electrons. The summed E-state index contributed by atoms with van der Waals surface area (Å²) in [5, 5.41) is 7.46. The number of rotatable bonds is 2. The topological polar surface area (TPSA) is 35.6 Å². The van der Waals surface area contributed by atoms with E-state index in [1.54, 1.807) is 12.4 Å². The Morgan fingerprint density at radius 2 is 1.03 bits per heavy atom. The standard InChI is InChI=1S/C32H20N4/c1-2-10-22(11-3-1)35-26-16-15-21-9-4-5-12-23(21)29(26)31-28(35)18-17-27-30(31)24-13-6-7-14-25(24)36(27)32-33-19-8-20-34-32/h1-20H. The number of fused-ring (bicyclic) bond motifs is 9. The monoisotopic (exact) mass is 460 g/mol. The van der Waals surface area contributed by atoms with Crippen molar-refractivity contribution in [3.63, 3.8) is 0 Å². The van der Waals surface area contributed by atoms with Crippen molar-refractivity contribution in [1.82, 2.24) is 19.1 Å². The van der Waals surface area contributed by atoms with Crippen LogP contribution in [0.1, 0.15) is 0 Å². The lowest BCUT2D eigenvalue weighted by Crippen LogP contribution is -1.99. The molecule has 5 aromatic carbocycles. The Balaban J connectivity index is 1.68. The second-order valence-corrected chi connectivity index (χ2v) is 9.11. The molecule has 0 saturated carbocycles. The molecular formula is C32H20N4. The molecule has 0 bridgehead atoms. The van der Waals surface area contributed by atoms with Crippen molar-refractivity contribution in [3.8, 4) is 11.6 Å². The van der Waals surface area contributed by atoms with Gasteiger partial charge in [0, 0.05) is 39.6 Å². The predicted molar refractivity (Wildman–Crippen MR) is 148 cm³/mol. The fourth-order valence-corrected chi connectivity index (χ4v) is 5.81. The first kappa shape index (κ1) is 19.4. The molecule has 168 valence electrons. The summed E-state index contributed by atoms with van der Waals surface area (Å²) in [5.41, 5.74) is 5.76. The molecule has 4 heteroatoms. The summed E-state index contributed by atoms with van der Waals surface area (Å²) in [4.78, 5) is 9.23. The summed E-state index contributed by atoms with van der Waals surface area (Å²) in [6.45, 7) is 0. The average Bonchev–Trinajstić information content (AvgIpc) is 3.47. The Kier molecular flexibility index (Phi) is 3.91. The van der Waals surface area contributed by atoms with Crippen LogP contribution in [0.4, 0.5) is 0 Å². The van der Waals surface area contributed by atoms with E-state index in [0.29, 0.717) is 5.95 Å². The zero-order valence-corrected chi connectivity index (χ0v) is 19.3. The van der Waals surface area contributed by atoms with Crippen LogP contribution in [0.25, 0.3) is 66.0 Å². The zero-order chi connectivity index (χ0) is 23.6. The highest BCUT2D eigenvalue weighted by atomic mass is 15.1. The van der Waals surface area contributed by atoms with Gasteiger partial charge in [-0.05, 0) is 53.2 Å². The summed E-state index contributed by atoms with van der Waals surface area (Å²) in [6.07, 6.45) is 3.60. The Hall–Kier alpha value is -4.96. The third-order valence-electron chi connectivity index (χ3n) is 7.22. The van der Waals surface area contributed by atoms with Crippen molar-refractivity contribution in [1.29, 1.82) is 0 Å². The van der Waals surface area contributed by atoms with Crippen LogP contribution in [0.3, 0.4) is 0 Å². The first-order chi connectivity index (χ1) is 17.9. The lowest BCUT2D eigenvalue weighted by molar-refractivity contribution is 0.988. The van der Waals surface area contributed by atoms with Gasteiger partial charge in [-0.3, -0.25) is 4.57 Å². The molecule has 0 atom stereocenters. The second kappa shape index (κ2) is 7.27. The quantitative estimate of drug-likeness (QED) is 0.264. The fraction of sp³-hybridized carbons (Fsp3) is 0. The predicted octanol–water partition coefficient (Wildman–Crippen LogP) is 7.82. The van der Waals surface area contributed by atoms with Crippen LogP contribution in [0.5, 0.6) is 0 Å². The maximum atomic E-state index is 4.61. The molecule has 0 spiro atoms. The van der Waals surface area contributed by atoms with Crippen LogP contribution in [-0.4, -0.2) is 19.1 Å². The van der Waals surface area contributed by atoms with E-state index in [2.05, 4.69) is 122 Å². The lowest BCUT2D eigenvalue weighted by atomic mass is 10.0. The molecule has 0 unspecified atom stereocenters. The van der Waals surface area contributed by atoms with Crippen LogP contribution < -0.4 is 0 Å². The van der Waals surface area contributed by atoms with Gasteiger partial charge in [0.05, 0.1) is 22.1 Å². The van der Waals surface area contributed by atoms with Crippen molar-refractivity contribution < 1.29 is 0 Å². The van der Waals surface area contributed by atoms with Crippen molar-refractivity contribution in [2.75, 3.05) is 0 Å². The van der Waals surface area contributed by atoms with Gasteiger partial charge in [-0.25, -0.2) is 9.97 Å². The van der Waals surface area contributed by atoms with Gasteiger partial charge < -0.3 is 4.57 Å². The maximum absolute atomic E-state index is 4.61. The molecule has 0 aliphatic carbocycles. The van der Waals surface area contributed by atoms with E-state index in [9.17, 15) is 0 Å². The van der Waals surface area contributed by atoms with Crippen molar-refractivity contribution in [2.45, 2.75) is 0 Å². The Morgan fingerprint density at radius 1 is 0.417 bits per heavy atom.